The molecule has 0 aromatic rings. The van der Waals surface area contributed by atoms with Crippen molar-refractivity contribution in [3.63, 3.8) is 0 Å². The Bertz CT molecular complexity index is 296. The molecule has 0 spiro atoms. The number of hydrogen-bond donors (Lipinski definition) is 2. The molecule has 0 aromatic heterocycles. The summed E-state index contributed by atoms with van der Waals surface area (Å²) in [6.45, 7) is 0. The van der Waals surface area contributed by atoms with Crippen LogP contribution < -0.4 is 0 Å². The fourth-order valence-electron chi connectivity index (χ4n) is 3.95. The van der Waals surface area contributed by atoms with E-state index < -0.39 is 11.9 Å². The molecule has 0 heterocycles. The highest BCUT2D eigenvalue weighted by Crippen LogP contribution is 2.46. The van der Waals surface area contributed by atoms with Gasteiger partial charge in [0.25, 0.3) is 0 Å². The molecule has 2 aliphatic rings. The van der Waals surface area contributed by atoms with Crippen molar-refractivity contribution in [2.75, 3.05) is 0 Å². The molecule has 18 heavy (non-hydrogen) atoms. The number of hydrogen-bond acceptors (Lipinski definition) is 2. The average Bonchev–Trinajstić information content (AvgIpc) is 2.26. The lowest BCUT2D eigenvalue weighted by Gasteiger charge is -2.41. The van der Waals surface area contributed by atoms with Gasteiger partial charge in [-0.25, -0.2) is 0 Å². The van der Waals surface area contributed by atoms with Crippen LogP contribution in [0.4, 0.5) is 0 Å². The van der Waals surface area contributed by atoms with E-state index in [0.29, 0.717) is 17.8 Å². The van der Waals surface area contributed by atoms with E-state index in [9.17, 15) is 9.59 Å². The van der Waals surface area contributed by atoms with E-state index in [1.165, 1.54) is 0 Å². The van der Waals surface area contributed by atoms with Crippen molar-refractivity contribution in [1.29, 1.82) is 0 Å². The standard InChI is InChI=1S/C14H22O4/c15-13(16)7-9-1-3-11-4-2-10(8-14(17)18)6-12(11)5-9/h9-12H,1-8H2,(H,15,16)(H,17,18). The molecule has 102 valence electrons. The molecule has 2 fully saturated rings. The molecule has 2 saturated carbocycles. The second-order valence-electron chi connectivity index (χ2n) is 6.07. The summed E-state index contributed by atoms with van der Waals surface area (Å²) >= 11 is 0. The molecule has 2 atom stereocenters. The van der Waals surface area contributed by atoms with Crippen molar-refractivity contribution in [1.82, 2.24) is 0 Å². The first-order chi connectivity index (χ1) is 8.54. The van der Waals surface area contributed by atoms with E-state index in [0.717, 1.165) is 44.4 Å². The number of rotatable bonds is 4. The number of carbonyl (C=O) groups is 2. The van der Waals surface area contributed by atoms with Crippen LogP contribution in [0.1, 0.15) is 51.4 Å². The van der Waals surface area contributed by atoms with Crippen LogP contribution in [0.15, 0.2) is 0 Å². The van der Waals surface area contributed by atoms with Crippen molar-refractivity contribution < 1.29 is 19.8 Å². The van der Waals surface area contributed by atoms with Crippen LogP contribution in [0, 0.1) is 23.7 Å². The molecule has 2 N–H and O–H groups in total. The van der Waals surface area contributed by atoms with Crippen LogP contribution in [0.25, 0.3) is 0 Å². The minimum Gasteiger partial charge on any atom is -0.481 e. The third-order valence-corrected chi connectivity index (χ3v) is 4.76. The normalized spacial score (nSPS) is 35.8. The van der Waals surface area contributed by atoms with Gasteiger partial charge in [0.1, 0.15) is 0 Å². The number of carboxylic acids is 2. The minimum absolute atomic E-state index is 0.285. The van der Waals surface area contributed by atoms with Crippen LogP contribution >= 0.6 is 0 Å². The summed E-state index contributed by atoms with van der Waals surface area (Å²) in [7, 11) is 0. The fourth-order valence-corrected chi connectivity index (χ4v) is 3.95. The fraction of sp³-hybridized carbons (Fsp3) is 0.857. The SMILES string of the molecule is O=C(O)CC1CCC2CCC(CC(=O)O)CC2C1. The lowest BCUT2D eigenvalue weighted by atomic mass is 9.64. The maximum Gasteiger partial charge on any atom is 0.303 e. The number of aliphatic carboxylic acids is 2. The van der Waals surface area contributed by atoms with Gasteiger partial charge in [-0.05, 0) is 62.2 Å². The zero-order valence-electron chi connectivity index (χ0n) is 10.7. The number of fused-ring (bicyclic) bond motifs is 1. The smallest absolute Gasteiger partial charge is 0.303 e. The first kappa shape index (κ1) is 13.4. The van der Waals surface area contributed by atoms with Crippen LogP contribution in [0.2, 0.25) is 0 Å². The third kappa shape index (κ3) is 3.47. The van der Waals surface area contributed by atoms with Gasteiger partial charge < -0.3 is 10.2 Å². The average molecular weight is 254 g/mol. The van der Waals surface area contributed by atoms with Gasteiger partial charge in [-0.2, -0.15) is 0 Å². The van der Waals surface area contributed by atoms with Gasteiger partial charge in [0, 0.05) is 12.8 Å². The van der Waals surface area contributed by atoms with E-state index in [-0.39, 0.29) is 12.8 Å². The summed E-state index contributed by atoms with van der Waals surface area (Å²) in [6, 6.07) is 0. The Hall–Kier alpha value is -1.06. The third-order valence-electron chi connectivity index (χ3n) is 4.76. The first-order valence-electron chi connectivity index (χ1n) is 6.98. The van der Waals surface area contributed by atoms with E-state index in [4.69, 9.17) is 10.2 Å². The second kappa shape index (κ2) is 5.72. The zero-order chi connectivity index (χ0) is 13.1. The quantitative estimate of drug-likeness (QED) is 0.809. The zero-order valence-corrected chi connectivity index (χ0v) is 10.7. The van der Waals surface area contributed by atoms with E-state index in [2.05, 4.69) is 0 Å². The lowest BCUT2D eigenvalue weighted by molar-refractivity contribution is -0.139. The molecule has 0 aliphatic heterocycles. The number of carboxylic acid groups (broad SMARTS) is 2. The van der Waals surface area contributed by atoms with E-state index >= 15 is 0 Å². The Kier molecular flexibility index (Phi) is 4.25. The predicted octanol–water partition coefficient (Wildman–Crippen LogP) is 2.77. The molecule has 2 rings (SSSR count). The van der Waals surface area contributed by atoms with Gasteiger partial charge in [-0.1, -0.05) is 0 Å². The van der Waals surface area contributed by atoms with Crippen LogP contribution in [-0.2, 0) is 9.59 Å². The Morgan fingerprint density at radius 3 is 1.61 bits per heavy atom. The van der Waals surface area contributed by atoms with Crippen LogP contribution in [0.3, 0.4) is 0 Å². The van der Waals surface area contributed by atoms with Crippen LogP contribution in [0.5, 0.6) is 0 Å². The highest BCUT2D eigenvalue weighted by molar-refractivity contribution is 5.67. The summed E-state index contributed by atoms with van der Waals surface area (Å²) in [5.74, 6) is 0.522. The molecule has 0 aromatic carbocycles. The maximum absolute atomic E-state index is 10.8. The molecule has 4 heteroatoms. The molecule has 0 amide bonds. The van der Waals surface area contributed by atoms with Crippen molar-refractivity contribution in [3.05, 3.63) is 0 Å². The van der Waals surface area contributed by atoms with Crippen LogP contribution in [-0.4, -0.2) is 22.2 Å². The van der Waals surface area contributed by atoms with Gasteiger partial charge in [0.2, 0.25) is 0 Å². The topological polar surface area (TPSA) is 74.6 Å². The Labute approximate surface area is 107 Å². The summed E-state index contributed by atoms with van der Waals surface area (Å²) < 4.78 is 0. The van der Waals surface area contributed by atoms with Crippen molar-refractivity contribution in [3.8, 4) is 0 Å². The molecular weight excluding hydrogens is 232 g/mol. The van der Waals surface area contributed by atoms with E-state index in [1.807, 2.05) is 0 Å². The van der Waals surface area contributed by atoms with Crippen molar-refractivity contribution in [2.24, 2.45) is 23.7 Å². The van der Waals surface area contributed by atoms with Gasteiger partial charge in [0.15, 0.2) is 0 Å². The molecule has 2 unspecified atom stereocenters. The predicted molar refractivity (Wildman–Crippen MR) is 66.2 cm³/mol. The highest BCUT2D eigenvalue weighted by Gasteiger charge is 2.36. The van der Waals surface area contributed by atoms with Gasteiger partial charge >= 0.3 is 11.9 Å². The lowest BCUT2D eigenvalue weighted by Crippen LogP contribution is -2.32. The summed E-state index contributed by atoms with van der Waals surface area (Å²) in [6.07, 6.45) is 6.92. The summed E-state index contributed by atoms with van der Waals surface area (Å²) in [5.41, 5.74) is 0. The first-order valence-corrected chi connectivity index (χ1v) is 6.98. The second-order valence-corrected chi connectivity index (χ2v) is 6.07. The van der Waals surface area contributed by atoms with Gasteiger partial charge in [-0.3, -0.25) is 9.59 Å². The van der Waals surface area contributed by atoms with Gasteiger partial charge in [0.05, 0.1) is 0 Å². The molecule has 2 aliphatic carbocycles. The molecule has 0 saturated heterocycles. The molecule has 4 nitrogen and oxygen atoms in total. The van der Waals surface area contributed by atoms with Crippen molar-refractivity contribution >= 4 is 11.9 Å². The highest BCUT2D eigenvalue weighted by atomic mass is 16.4. The Morgan fingerprint density at radius 2 is 1.22 bits per heavy atom. The largest absolute Gasteiger partial charge is 0.481 e. The Morgan fingerprint density at radius 1 is 0.778 bits per heavy atom. The van der Waals surface area contributed by atoms with Gasteiger partial charge in [-0.15, -0.1) is 0 Å². The van der Waals surface area contributed by atoms with E-state index in [1.54, 1.807) is 0 Å². The maximum atomic E-state index is 10.8. The Balaban J connectivity index is 1.87. The monoisotopic (exact) mass is 254 g/mol. The molecule has 0 radical (unpaired) electrons. The summed E-state index contributed by atoms with van der Waals surface area (Å²) in [4.78, 5) is 21.5. The molecule has 0 bridgehead atoms. The molecular formula is C14H22O4. The van der Waals surface area contributed by atoms with Crippen molar-refractivity contribution in [2.45, 2.75) is 51.4 Å². The summed E-state index contributed by atoms with van der Waals surface area (Å²) in [5, 5.41) is 17.7. The minimum atomic E-state index is -0.698.